The largest absolute Gasteiger partial charge is 0.325 e. The third-order valence-corrected chi connectivity index (χ3v) is 2.28. The third kappa shape index (κ3) is 8.58. The van der Waals surface area contributed by atoms with Crippen LogP contribution in [0.4, 0.5) is 0 Å². The van der Waals surface area contributed by atoms with Crippen LogP contribution in [0.5, 0.6) is 0 Å². The molecule has 6 nitrogen and oxygen atoms in total. The summed E-state index contributed by atoms with van der Waals surface area (Å²) in [6, 6.07) is 6.40. The first-order valence-corrected chi connectivity index (χ1v) is 7.73. The van der Waals surface area contributed by atoms with Crippen molar-refractivity contribution >= 4 is 17.6 Å². The molecular weight excluding hydrogens is 253 g/mol. The minimum Gasteiger partial charge on any atom is -0.325 e. The zero-order chi connectivity index (χ0) is 13.0. The second-order valence-electron chi connectivity index (χ2n) is 3.19. The van der Waals surface area contributed by atoms with Crippen molar-refractivity contribution in [2.75, 3.05) is 6.66 Å². The molecule has 0 radical (unpaired) electrons. The molecule has 0 aliphatic heterocycles. The maximum atomic E-state index is 10.7. The number of benzene rings is 1. The fourth-order valence-electron chi connectivity index (χ4n) is 0.728. The van der Waals surface area contributed by atoms with Gasteiger partial charge in [0.2, 0.25) is 10.0 Å². The highest BCUT2D eigenvalue weighted by molar-refractivity contribution is 7.89. The van der Waals surface area contributed by atoms with Crippen LogP contribution in [-0.2, 0) is 14.6 Å². The summed E-state index contributed by atoms with van der Waals surface area (Å²) in [5, 5.41) is 4.88. The maximum absolute atomic E-state index is 10.7. The Bertz CT molecular complexity index is 467. The minimum absolute atomic E-state index is 0.156. The van der Waals surface area contributed by atoms with Gasteiger partial charge in [-0.1, -0.05) is 17.7 Å². The smallest absolute Gasteiger partial charge is 0.322 e. The molecule has 1 aromatic rings. The van der Waals surface area contributed by atoms with E-state index in [1.165, 1.54) is 12.1 Å². The Labute approximate surface area is 94.3 Å². The van der Waals surface area contributed by atoms with E-state index in [-0.39, 0.29) is 4.90 Å². The minimum atomic E-state index is -3.64. The van der Waals surface area contributed by atoms with E-state index >= 15 is 0 Å². The van der Waals surface area contributed by atoms with Crippen molar-refractivity contribution in [2.24, 2.45) is 5.14 Å². The van der Waals surface area contributed by atoms with Gasteiger partial charge in [-0.15, -0.1) is 0 Å². The quantitative estimate of drug-likeness (QED) is 0.638. The molecule has 1 rings (SSSR count). The monoisotopic (exact) mass is 267 g/mol. The molecule has 92 valence electrons. The molecule has 0 heterocycles. The average Bonchev–Trinajstić information content (AvgIpc) is 1.99. The lowest BCUT2D eigenvalue weighted by Gasteiger charge is -1.96. The number of nitrogens with two attached hydrogens (primary N) is 1. The van der Waals surface area contributed by atoms with Crippen LogP contribution in [0.2, 0.25) is 0 Å². The van der Waals surface area contributed by atoms with Crippen molar-refractivity contribution in [1.82, 2.24) is 0 Å². The van der Waals surface area contributed by atoms with Gasteiger partial charge in [-0.25, -0.2) is 13.6 Å². The Morgan fingerprint density at radius 1 is 1.19 bits per heavy atom. The Morgan fingerprint density at radius 3 is 1.75 bits per heavy atom. The first-order chi connectivity index (χ1) is 7.00. The number of primary sulfonamides is 1. The van der Waals surface area contributed by atoms with E-state index in [9.17, 15) is 13.0 Å². The molecule has 0 unspecified atom stereocenters. The molecule has 0 aliphatic carbocycles. The van der Waals surface area contributed by atoms with Crippen molar-refractivity contribution in [3.8, 4) is 0 Å². The molecule has 0 aliphatic rings. The first kappa shape index (κ1) is 15.3. The zero-order valence-electron chi connectivity index (χ0n) is 8.86. The Kier molecular flexibility index (Phi) is 5.31. The molecule has 0 amide bonds. The molecule has 0 aromatic heterocycles. The molecular formula is C8H14NO5PS. The van der Waals surface area contributed by atoms with Crippen LogP contribution in [0.25, 0.3) is 0 Å². The normalized spacial score (nSPS) is 11.6. The van der Waals surface area contributed by atoms with Crippen molar-refractivity contribution in [1.29, 1.82) is 0 Å². The van der Waals surface area contributed by atoms with Gasteiger partial charge in [-0.2, -0.15) is 0 Å². The highest BCUT2D eigenvalue weighted by atomic mass is 32.2. The molecule has 4 N–H and O–H groups in total. The predicted molar refractivity (Wildman–Crippen MR) is 60.5 cm³/mol. The summed E-state index contributed by atoms with van der Waals surface area (Å²) in [6.45, 7) is 2.74. The van der Waals surface area contributed by atoms with Crippen molar-refractivity contribution in [3.63, 3.8) is 0 Å². The number of hydrogen-bond acceptors (Lipinski definition) is 3. The van der Waals surface area contributed by atoms with Crippen LogP contribution in [0.3, 0.4) is 0 Å². The lowest BCUT2D eigenvalue weighted by atomic mass is 10.2. The summed E-state index contributed by atoms with van der Waals surface area (Å²) in [4.78, 5) is 15.4. The van der Waals surface area contributed by atoms with Crippen LogP contribution < -0.4 is 5.14 Å². The van der Waals surface area contributed by atoms with Crippen LogP contribution in [-0.4, -0.2) is 24.9 Å². The third-order valence-electron chi connectivity index (χ3n) is 1.35. The number of aryl methyl sites for hydroxylation is 1. The fourth-order valence-corrected chi connectivity index (χ4v) is 1.24. The fraction of sp³-hybridized carbons (Fsp3) is 0.250. The summed E-state index contributed by atoms with van der Waals surface area (Å²) in [5.41, 5.74) is 1.01. The van der Waals surface area contributed by atoms with Gasteiger partial charge in [0.1, 0.15) is 0 Å². The Hall–Kier alpha value is -0.720. The zero-order valence-corrected chi connectivity index (χ0v) is 10.6. The summed E-state index contributed by atoms with van der Waals surface area (Å²) >= 11 is 0. The van der Waals surface area contributed by atoms with Crippen LogP contribution in [0.1, 0.15) is 5.56 Å². The molecule has 8 heteroatoms. The summed E-state index contributed by atoms with van der Waals surface area (Å²) < 4.78 is 30.8. The van der Waals surface area contributed by atoms with Gasteiger partial charge >= 0.3 is 7.60 Å². The van der Waals surface area contributed by atoms with E-state index in [1.54, 1.807) is 12.1 Å². The van der Waals surface area contributed by atoms with Crippen LogP contribution >= 0.6 is 7.60 Å². The van der Waals surface area contributed by atoms with Gasteiger partial charge in [0.15, 0.2) is 0 Å². The van der Waals surface area contributed by atoms with Crippen molar-refractivity contribution < 1.29 is 22.8 Å². The van der Waals surface area contributed by atoms with E-state index in [0.717, 1.165) is 12.2 Å². The molecule has 0 spiro atoms. The number of hydrogen-bond donors (Lipinski definition) is 3. The molecule has 0 saturated carbocycles. The number of rotatable bonds is 1. The van der Waals surface area contributed by atoms with Gasteiger partial charge in [0.25, 0.3) is 0 Å². The molecule has 1 aromatic carbocycles. The highest BCUT2D eigenvalue weighted by Crippen LogP contribution is 2.26. The standard InChI is InChI=1S/C7H9NO2S.CH5O3P/c1-6-2-4-7(5-3-6)11(8,9)10;1-5(2,3)4/h2-5H,1H3,(H2,8,9,10);1H3,(H2,2,3,4). The first-order valence-electron chi connectivity index (χ1n) is 4.12. The lowest BCUT2D eigenvalue weighted by Crippen LogP contribution is -2.11. The molecule has 0 fully saturated rings. The number of sulfonamides is 1. The van der Waals surface area contributed by atoms with Crippen LogP contribution in [0.15, 0.2) is 29.2 Å². The van der Waals surface area contributed by atoms with Gasteiger partial charge in [0.05, 0.1) is 4.90 Å². The second kappa shape index (κ2) is 5.56. The summed E-state index contributed by atoms with van der Waals surface area (Å²) in [5.74, 6) is 0. The maximum Gasteiger partial charge on any atom is 0.322 e. The highest BCUT2D eigenvalue weighted by Gasteiger charge is 2.04. The second-order valence-corrected chi connectivity index (χ2v) is 6.43. The molecule has 16 heavy (non-hydrogen) atoms. The van der Waals surface area contributed by atoms with E-state index in [2.05, 4.69) is 0 Å². The summed E-state index contributed by atoms with van der Waals surface area (Å²) in [6.07, 6.45) is 0. The SMILES string of the molecule is CP(=O)(O)O.Cc1ccc(S(N)(=O)=O)cc1. The predicted octanol–water partition coefficient (Wildman–Crippen LogP) is 0.436. The average molecular weight is 267 g/mol. The van der Waals surface area contributed by atoms with Crippen molar-refractivity contribution in [3.05, 3.63) is 29.8 Å². The molecule has 0 saturated heterocycles. The van der Waals surface area contributed by atoms with E-state index < -0.39 is 17.6 Å². The Morgan fingerprint density at radius 2 is 1.50 bits per heavy atom. The van der Waals surface area contributed by atoms with Gasteiger partial charge < -0.3 is 9.79 Å². The van der Waals surface area contributed by atoms with E-state index in [4.69, 9.17) is 14.9 Å². The van der Waals surface area contributed by atoms with Crippen molar-refractivity contribution in [2.45, 2.75) is 11.8 Å². The van der Waals surface area contributed by atoms with E-state index in [0.29, 0.717) is 0 Å². The van der Waals surface area contributed by atoms with Gasteiger partial charge in [0, 0.05) is 6.66 Å². The molecule has 0 bridgehead atoms. The van der Waals surface area contributed by atoms with Gasteiger partial charge in [-0.3, -0.25) is 4.57 Å². The van der Waals surface area contributed by atoms with Crippen LogP contribution in [0, 0.1) is 6.92 Å². The topological polar surface area (TPSA) is 118 Å². The lowest BCUT2D eigenvalue weighted by molar-refractivity contribution is 0.381. The Balaban J connectivity index is 0.000000385. The van der Waals surface area contributed by atoms with E-state index in [1.807, 2.05) is 6.92 Å². The molecule has 0 atom stereocenters. The van der Waals surface area contributed by atoms with Gasteiger partial charge in [-0.05, 0) is 19.1 Å². The summed E-state index contributed by atoms with van der Waals surface area (Å²) in [7, 11) is -7.16.